The van der Waals surface area contributed by atoms with E-state index in [-0.39, 0.29) is 0 Å². The zero-order valence-electron chi connectivity index (χ0n) is 7.65. The minimum atomic E-state index is 0.619. The summed E-state index contributed by atoms with van der Waals surface area (Å²) in [6.07, 6.45) is 3.96. The van der Waals surface area contributed by atoms with Crippen LogP contribution in [0.25, 0.3) is 0 Å². The number of anilines is 1. The Labute approximate surface area is 102 Å². The van der Waals surface area contributed by atoms with Gasteiger partial charge >= 0.3 is 0 Å². The van der Waals surface area contributed by atoms with E-state index in [9.17, 15) is 0 Å². The normalized spacial score (nSPS) is 10.9. The SMILES string of the molecule is C/C=C/CNc1c(Cl)cc(Br)cc1Cl. The molecule has 0 saturated carbocycles. The van der Waals surface area contributed by atoms with Gasteiger partial charge in [-0.3, -0.25) is 0 Å². The average molecular weight is 295 g/mol. The molecular weight excluding hydrogens is 285 g/mol. The van der Waals surface area contributed by atoms with Crippen LogP contribution < -0.4 is 5.32 Å². The summed E-state index contributed by atoms with van der Waals surface area (Å²) in [5, 5.41) is 4.38. The van der Waals surface area contributed by atoms with Crippen molar-refractivity contribution in [1.82, 2.24) is 0 Å². The first kappa shape index (κ1) is 11.9. The molecule has 1 rings (SSSR count). The maximum Gasteiger partial charge on any atom is 0.0722 e. The van der Waals surface area contributed by atoms with Crippen LogP contribution >= 0.6 is 39.1 Å². The topological polar surface area (TPSA) is 12.0 Å². The molecule has 1 aromatic carbocycles. The molecular formula is C10H10BrCl2N. The summed E-state index contributed by atoms with van der Waals surface area (Å²) in [5.41, 5.74) is 0.773. The van der Waals surface area contributed by atoms with Crippen molar-refractivity contribution < 1.29 is 0 Å². The van der Waals surface area contributed by atoms with E-state index in [1.54, 1.807) is 0 Å². The number of nitrogens with one attached hydrogen (secondary N) is 1. The van der Waals surface area contributed by atoms with Crippen molar-refractivity contribution in [3.05, 3.63) is 38.8 Å². The predicted molar refractivity (Wildman–Crippen MR) is 67.5 cm³/mol. The fourth-order valence-electron chi connectivity index (χ4n) is 0.990. The molecule has 0 heterocycles. The predicted octanol–water partition coefficient (Wildman–Crippen LogP) is 4.74. The first-order valence-corrected chi connectivity index (χ1v) is 5.69. The van der Waals surface area contributed by atoms with Gasteiger partial charge in [-0.2, -0.15) is 0 Å². The second-order valence-corrected chi connectivity index (χ2v) is 4.42. The van der Waals surface area contributed by atoms with Crippen molar-refractivity contribution in [2.75, 3.05) is 11.9 Å². The van der Waals surface area contributed by atoms with Crippen LogP contribution in [0.5, 0.6) is 0 Å². The Morgan fingerprint density at radius 1 is 1.36 bits per heavy atom. The van der Waals surface area contributed by atoms with Crippen LogP contribution in [0, 0.1) is 0 Å². The fraction of sp³-hybridized carbons (Fsp3) is 0.200. The maximum atomic E-state index is 6.01. The fourth-order valence-corrected chi connectivity index (χ4v) is 2.33. The molecule has 0 amide bonds. The molecule has 0 spiro atoms. The average Bonchev–Trinajstić information content (AvgIpc) is 2.09. The first-order chi connectivity index (χ1) is 6.65. The second kappa shape index (κ2) is 5.64. The number of hydrogen-bond acceptors (Lipinski definition) is 1. The number of rotatable bonds is 3. The molecule has 1 nitrogen and oxygen atoms in total. The van der Waals surface area contributed by atoms with E-state index in [4.69, 9.17) is 23.2 Å². The standard InChI is InChI=1S/C10H10BrCl2N/c1-2-3-4-14-10-8(12)5-7(11)6-9(10)13/h2-3,5-6,14H,4H2,1H3/b3-2+. The third kappa shape index (κ3) is 3.19. The molecule has 0 atom stereocenters. The van der Waals surface area contributed by atoms with Crippen LogP contribution in [0.4, 0.5) is 5.69 Å². The van der Waals surface area contributed by atoms with Crippen molar-refractivity contribution >= 4 is 44.8 Å². The van der Waals surface area contributed by atoms with Gasteiger partial charge in [0.2, 0.25) is 0 Å². The molecule has 14 heavy (non-hydrogen) atoms. The lowest BCUT2D eigenvalue weighted by molar-refractivity contribution is 1.32. The van der Waals surface area contributed by atoms with Gasteiger partial charge in [0.25, 0.3) is 0 Å². The van der Waals surface area contributed by atoms with E-state index in [0.717, 1.165) is 16.7 Å². The van der Waals surface area contributed by atoms with Gasteiger partial charge in [-0.05, 0) is 19.1 Å². The van der Waals surface area contributed by atoms with Crippen molar-refractivity contribution in [2.45, 2.75) is 6.92 Å². The minimum absolute atomic E-state index is 0.619. The number of hydrogen-bond donors (Lipinski definition) is 1. The molecule has 0 bridgehead atoms. The van der Waals surface area contributed by atoms with Crippen LogP contribution in [0.1, 0.15) is 6.92 Å². The Morgan fingerprint density at radius 2 is 1.93 bits per heavy atom. The highest BCUT2D eigenvalue weighted by molar-refractivity contribution is 9.10. The quantitative estimate of drug-likeness (QED) is 0.794. The summed E-state index contributed by atoms with van der Waals surface area (Å²) < 4.78 is 0.879. The lowest BCUT2D eigenvalue weighted by Gasteiger charge is -2.08. The van der Waals surface area contributed by atoms with E-state index >= 15 is 0 Å². The van der Waals surface area contributed by atoms with E-state index in [0.29, 0.717) is 10.0 Å². The molecule has 0 fully saturated rings. The molecule has 0 unspecified atom stereocenters. The summed E-state index contributed by atoms with van der Waals surface area (Å²) >= 11 is 15.3. The lowest BCUT2D eigenvalue weighted by atomic mass is 10.3. The minimum Gasteiger partial charge on any atom is -0.379 e. The molecule has 0 aliphatic rings. The molecule has 0 radical (unpaired) electrons. The largest absolute Gasteiger partial charge is 0.379 e. The van der Waals surface area contributed by atoms with Crippen LogP contribution in [0.15, 0.2) is 28.8 Å². The Bertz CT molecular complexity index is 327. The molecule has 0 saturated heterocycles. The molecule has 1 aromatic rings. The van der Waals surface area contributed by atoms with Gasteiger partial charge in [-0.1, -0.05) is 51.3 Å². The Kier molecular flexibility index (Phi) is 4.79. The molecule has 0 aliphatic carbocycles. The van der Waals surface area contributed by atoms with Crippen LogP contribution in [-0.4, -0.2) is 6.54 Å². The number of halogens is 3. The van der Waals surface area contributed by atoms with Crippen molar-refractivity contribution in [1.29, 1.82) is 0 Å². The van der Waals surface area contributed by atoms with E-state index in [1.807, 2.05) is 31.2 Å². The van der Waals surface area contributed by atoms with Gasteiger partial charge in [-0.15, -0.1) is 0 Å². The Morgan fingerprint density at radius 3 is 2.43 bits per heavy atom. The summed E-state index contributed by atoms with van der Waals surface area (Å²) in [6.45, 7) is 2.68. The van der Waals surface area contributed by atoms with Gasteiger partial charge in [-0.25, -0.2) is 0 Å². The van der Waals surface area contributed by atoms with Crippen molar-refractivity contribution in [3.63, 3.8) is 0 Å². The molecule has 0 aromatic heterocycles. The van der Waals surface area contributed by atoms with E-state index in [2.05, 4.69) is 21.2 Å². The van der Waals surface area contributed by atoms with Crippen molar-refractivity contribution in [2.24, 2.45) is 0 Å². The number of allylic oxidation sites excluding steroid dienone is 1. The zero-order chi connectivity index (χ0) is 10.6. The molecule has 76 valence electrons. The first-order valence-electron chi connectivity index (χ1n) is 4.14. The van der Waals surface area contributed by atoms with E-state index in [1.165, 1.54) is 0 Å². The Balaban J connectivity index is 2.85. The highest BCUT2D eigenvalue weighted by Crippen LogP contribution is 2.33. The summed E-state index contributed by atoms with van der Waals surface area (Å²) in [7, 11) is 0. The third-order valence-corrected chi connectivity index (χ3v) is 2.69. The summed E-state index contributed by atoms with van der Waals surface area (Å²) in [5.74, 6) is 0. The maximum absolute atomic E-state index is 6.01. The monoisotopic (exact) mass is 293 g/mol. The summed E-state index contributed by atoms with van der Waals surface area (Å²) in [4.78, 5) is 0. The van der Waals surface area contributed by atoms with Crippen molar-refractivity contribution in [3.8, 4) is 0 Å². The van der Waals surface area contributed by atoms with E-state index < -0.39 is 0 Å². The molecule has 4 heteroatoms. The second-order valence-electron chi connectivity index (χ2n) is 2.69. The number of benzene rings is 1. The summed E-state index contributed by atoms with van der Waals surface area (Å²) in [6, 6.07) is 3.62. The van der Waals surface area contributed by atoms with Gasteiger partial charge < -0.3 is 5.32 Å². The zero-order valence-corrected chi connectivity index (χ0v) is 10.7. The molecule has 0 aliphatic heterocycles. The van der Waals surface area contributed by atoms with Crippen LogP contribution in [0.3, 0.4) is 0 Å². The van der Waals surface area contributed by atoms with Gasteiger partial charge in [0.15, 0.2) is 0 Å². The van der Waals surface area contributed by atoms with Gasteiger partial charge in [0, 0.05) is 11.0 Å². The Hall–Kier alpha value is -0.180. The molecule has 1 N–H and O–H groups in total. The van der Waals surface area contributed by atoms with Gasteiger partial charge in [0.1, 0.15) is 0 Å². The lowest BCUT2D eigenvalue weighted by Crippen LogP contribution is -1.99. The highest BCUT2D eigenvalue weighted by atomic mass is 79.9. The van der Waals surface area contributed by atoms with Crippen LogP contribution in [0.2, 0.25) is 10.0 Å². The van der Waals surface area contributed by atoms with Gasteiger partial charge in [0.05, 0.1) is 15.7 Å². The third-order valence-electron chi connectivity index (χ3n) is 1.64. The smallest absolute Gasteiger partial charge is 0.0722 e. The highest BCUT2D eigenvalue weighted by Gasteiger charge is 2.05. The van der Waals surface area contributed by atoms with Crippen LogP contribution in [-0.2, 0) is 0 Å².